The van der Waals surface area contributed by atoms with Crippen LogP contribution < -0.4 is 15.2 Å². The highest BCUT2D eigenvalue weighted by Crippen LogP contribution is 2.27. The van der Waals surface area contributed by atoms with Gasteiger partial charge in [-0.3, -0.25) is 20.0 Å². The van der Waals surface area contributed by atoms with Crippen LogP contribution in [0.1, 0.15) is 25.0 Å². The Labute approximate surface area is 136 Å². The molecule has 8 heteroatoms. The van der Waals surface area contributed by atoms with Crippen LogP contribution in [0.2, 0.25) is 0 Å². The summed E-state index contributed by atoms with van der Waals surface area (Å²) in [5.41, 5.74) is 7.96. The molecule has 2 rings (SSSR count). The van der Waals surface area contributed by atoms with Gasteiger partial charge in [-0.1, -0.05) is 6.07 Å². The van der Waals surface area contributed by atoms with Gasteiger partial charge in [0.15, 0.2) is 0 Å². The highest BCUT2D eigenvalue weighted by atomic mass is 32.2. The monoisotopic (exact) mass is 341 g/mol. The summed E-state index contributed by atoms with van der Waals surface area (Å²) in [6.07, 6.45) is 0. The van der Waals surface area contributed by atoms with Gasteiger partial charge in [0.05, 0.1) is 5.69 Å². The summed E-state index contributed by atoms with van der Waals surface area (Å²) in [6.45, 7) is 6.64. The van der Waals surface area contributed by atoms with Crippen molar-refractivity contribution in [2.45, 2.75) is 45.0 Å². The molecule has 1 aromatic carbocycles. The summed E-state index contributed by atoms with van der Waals surface area (Å²) >= 11 is 0. The van der Waals surface area contributed by atoms with Gasteiger partial charge in [-0.15, -0.1) is 0 Å². The molecule has 0 amide bonds. The van der Waals surface area contributed by atoms with E-state index >= 15 is 0 Å². The van der Waals surface area contributed by atoms with Crippen molar-refractivity contribution >= 4 is 21.7 Å². The van der Waals surface area contributed by atoms with E-state index in [1.54, 1.807) is 26.0 Å². The molecule has 1 aromatic rings. The van der Waals surface area contributed by atoms with Crippen LogP contribution in [-0.4, -0.2) is 43.4 Å². The first-order chi connectivity index (χ1) is 10.6. The Bertz CT molecular complexity index is 674. The summed E-state index contributed by atoms with van der Waals surface area (Å²) in [7, 11) is -3.85. The topological polar surface area (TPSA) is 98.7 Å². The molecule has 3 N–H and O–H groups in total. The van der Waals surface area contributed by atoms with E-state index in [1.807, 2.05) is 19.9 Å². The number of carbonyl (C=O) groups is 1. The second-order valence-corrected chi connectivity index (χ2v) is 8.14. The maximum absolute atomic E-state index is 13.1. The number of carboxylic acids is 1. The summed E-state index contributed by atoms with van der Waals surface area (Å²) in [4.78, 5) is 11.2. The third-order valence-corrected chi connectivity index (χ3v) is 6.41. The minimum Gasteiger partial charge on any atom is -0.480 e. The van der Waals surface area contributed by atoms with Crippen LogP contribution in [-0.2, 0) is 14.8 Å². The zero-order chi connectivity index (χ0) is 17.4. The van der Waals surface area contributed by atoms with Crippen molar-refractivity contribution in [1.82, 2.24) is 10.9 Å². The molecule has 128 valence electrons. The van der Waals surface area contributed by atoms with Crippen LogP contribution in [0, 0.1) is 13.8 Å². The van der Waals surface area contributed by atoms with Crippen molar-refractivity contribution in [2.75, 3.05) is 10.8 Å². The van der Waals surface area contributed by atoms with E-state index in [0.717, 1.165) is 15.4 Å². The number of nitrogens with one attached hydrogen (secondary N) is 2. The molecule has 2 unspecified atom stereocenters. The zero-order valence-electron chi connectivity index (χ0n) is 13.7. The van der Waals surface area contributed by atoms with E-state index in [-0.39, 0.29) is 12.1 Å². The van der Waals surface area contributed by atoms with Gasteiger partial charge in [0, 0.05) is 12.1 Å². The van der Waals surface area contributed by atoms with E-state index < -0.39 is 27.8 Å². The fourth-order valence-electron chi connectivity index (χ4n) is 3.07. The van der Waals surface area contributed by atoms with Crippen molar-refractivity contribution in [1.29, 1.82) is 0 Å². The molecule has 0 saturated carbocycles. The number of hydrazine groups is 1. The smallest absolute Gasteiger partial charge is 0.324 e. The van der Waals surface area contributed by atoms with E-state index in [2.05, 4.69) is 10.9 Å². The number of benzene rings is 1. The number of aliphatic carboxylic acids is 1. The maximum Gasteiger partial charge on any atom is 0.324 e. The van der Waals surface area contributed by atoms with Crippen molar-refractivity contribution in [3.8, 4) is 0 Å². The Kier molecular flexibility index (Phi) is 4.98. The molecular weight excluding hydrogens is 318 g/mol. The molecule has 23 heavy (non-hydrogen) atoms. The number of sulfonamides is 1. The van der Waals surface area contributed by atoms with E-state index in [0.29, 0.717) is 5.69 Å². The summed E-state index contributed by atoms with van der Waals surface area (Å²) < 4.78 is 27.2. The third-order valence-electron chi connectivity index (χ3n) is 3.95. The fraction of sp³-hybridized carbons (Fsp3) is 0.533. The summed E-state index contributed by atoms with van der Waals surface area (Å²) in [5, 5.41) is 8.44. The van der Waals surface area contributed by atoms with Gasteiger partial charge in [-0.25, -0.2) is 8.42 Å². The first-order valence-corrected chi connectivity index (χ1v) is 8.96. The largest absolute Gasteiger partial charge is 0.480 e. The van der Waals surface area contributed by atoms with E-state index in [1.165, 1.54) is 0 Å². The lowest BCUT2D eigenvalue weighted by atomic mass is 10.1. The maximum atomic E-state index is 13.1. The SMILES string of the molecule is Cc1cc(C)cc(N(CC(=O)O)S(=O)(=O)C2C(C)NNC2C)c1. The lowest BCUT2D eigenvalue weighted by Crippen LogP contribution is -2.48. The quantitative estimate of drug-likeness (QED) is 0.732. The molecular formula is C15H23N3O4S. The molecule has 2 atom stereocenters. The van der Waals surface area contributed by atoms with Crippen molar-refractivity contribution in [2.24, 2.45) is 0 Å². The third kappa shape index (κ3) is 3.65. The predicted molar refractivity (Wildman–Crippen MR) is 88.8 cm³/mol. The average molecular weight is 341 g/mol. The first kappa shape index (κ1) is 17.7. The van der Waals surface area contributed by atoms with Crippen molar-refractivity contribution in [3.63, 3.8) is 0 Å². The lowest BCUT2D eigenvalue weighted by Gasteiger charge is -2.29. The van der Waals surface area contributed by atoms with Crippen LogP contribution in [0.5, 0.6) is 0 Å². The highest BCUT2D eigenvalue weighted by molar-refractivity contribution is 7.93. The Hall–Kier alpha value is -1.64. The Morgan fingerprint density at radius 2 is 1.61 bits per heavy atom. The van der Waals surface area contributed by atoms with Gasteiger partial charge in [-0.2, -0.15) is 0 Å². The van der Waals surface area contributed by atoms with E-state index in [9.17, 15) is 18.3 Å². The zero-order valence-corrected chi connectivity index (χ0v) is 14.5. The van der Waals surface area contributed by atoms with Crippen LogP contribution in [0.15, 0.2) is 18.2 Å². The van der Waals surface area contributed by atoms with Gasteiger partial charge in [-0.05, 0) is 51.0 Å². The molecule has 0 aromatic heterocycles. The van der Waals surface area contributed by atoms with Gasteiger partial charge in [0.1, 0.15) is 11.8 Å². The van der Waals surface area contributed by atoms with Crippen molar-refractivity contribution < 1.29 is 18.3 Å². The number of anilines is 1. The highest BCUT2D eigenvalue weighted by Gasteiger charge is 2.44. The number of hydrogen-bond donors (Lipinski definition) is 3. The molecule has 7 nitrogen and oxygen atoms in total. The molecule has 1 saturated heterocycles. The lowest BCUT2D eigenvalue weighted by molar-refractivity contribution is -0.135. The average Bonchev–Trinajstić information content (AvgIpc) is 2.74. The Morgan fingerprint density at radius 1 is 1.13 bits per heavy atom. The molecule has 1 aliphatic rings. The standard InChI is InChI=1S/C15H23N3O4S/c1-9-5-10(2)7-13(6-9)18(8-14(19)20)23(21,22)15-11(3)16-17-12(15)4/h5-7,11-12,15-17H,8H2,1-4H3,(H,19,20). The van der Waals surface area contributed by atoms with E-state index in [4.69, 9.17) is 0 Å². The van der Waals surface area contributed by atoms with Gasteiger partial charge in [0.25, 0.3) is 0 Å². The summed E-state index contributed by atoms with van der Waals surface area (Å²) in [5.74, 6) is -1.19. The molecule has 1 heterocycles. The molecule has 1 fully saturated rings. The number of hydrogen-bond acceptors (Lipinski definition) is 5. The normalized spacial score (nSPS) is 24.6. The number of carboxylic acid groups (broad SMARTS) is 1. The van der Waals surface area contributed by atoms with Crippen LogP contribution in [0.4, 0.5) is 5.69 Å². The first-order valence-electron chi connectivity index (χ1n) is 7.45. The molecule has 0 radical (unpaired) electrons. The number of nitrogens with zero attached hydrogens (tertiary/aromatic N) is 1. The summed E-state index contributed by atoms with van der Waals surface area (Å²) in [6, 6.07) is 4.66. The number of rotatable bonds is 5. The Morgan fingerprint density at radius 3 is 2.04 bits per heavy atom. The van der Waals surface area contributed by atoms with Crippen molar-refractivity contribution in [3.05, 3.63) is 29.3 Å². The van der Waals surface area contributed by atoms with Crippen LogP contribution in [0.3, 0.4) is 0 Å². The van der Waals surface area contributed by atoms with Crippen LogP contribution >= 0.6 is 0 Å². The van der Waals surface area contributed by atoms with Crippen LogP contribution in [0.25, 0.3) is 0 Å². The molecule has 0 aliphatic carbocycles. The molecule has 1 aliphatic heterocycles. The van der Waals surface area contributed by atoms with Gasteiger partial charge >= 0.3 is 5.97 Å². The predicted octanol–water partition coefficient (Wildman–Crippen LogP) is 0.778. The van der Waals surface area contributed by atoms with Gasteiger partial charge in [0.2, 0.25) is 10.0 Å². The Balaban J connectivity index is 2.51. The minimum absolute atomic E-state index is 0.322. The van der Waals surface area contributed by atoms with Gasteiger partial charge < -0.3 is 5.11 Å². The minimum atomic E-state index is -3.85. The second-order valence-electron chi connectivity index (χ2n) is 6.12. The number of aryl methyl sites for hydroxylation is 2. The second kappa shape index (κ2) is 6.46. The molecule has 0 spiro atoms. The fourth-order valence-corrected chi connectivity index (χ4v) is 5.22. The molecule has 0 bridgehead atoms.